The first-order chi connectivity index (χ1) is 14.4. The first-order valence-corrected chi connectivity index (χ1v) is 9.90. The first kappa shape index (κ1) is 21.3. The molecular weight excluding hydrogens is 380 g/mol. The topological polar surface area (TPSA) is 94.0 Å². The minimum Gasteiger partial charge on any atom is -0.496 e. The number of carbonyl (C=O) groups is 1. The third-order valence-corrected chi connectivity index (χ3v) is 5.10. The molecule has 0 bridgehead atoms. The number of aromatic nitrogens is 4. The van der Waals surface area contributed by atoms with Gasteiger partial charge in [0.15, 0.2) is 5.82 Å². The highest BCUT2D eigenvalue weighted by atomic mass is 16.5. The number of methoxy groups -OCH3 is 1. The Morgan fingerprint density at radius 1 is 1.07 bits per heavy atom. The molecule has 8 nitrogen and oxygen atoms in total. The van der Waals surface area contributed by atoms with Gasteiger partial charge in [0.05, 0.1) is 19.2 Å². The minimum atomic E-state index is -0.0253. The zero-order chi connectivity index (χ0) is 21.7. The predicted octanol–water partition coefficient (Wildman–Crippen LogP) is 2.68. The van der Waals surface area contributed by atoms with E-state index < -0.39 is 0 Å². The van der Waals surface area contributed by atoms with Crippen LogP contribution in [-0.4, -0.2) is 46.1 Å². The number of carbonyl (C=O) groups excluding carboxylic acids is 1. The van der Waals surface area contributed by atoms with Gasteiger partial charge in [0.25, 0.3) is 0 Å². The summed E-state index contributed by atoms with van der Waals surface area (Å²) >= 11 is 0. The van der Waals surface area contributed by atoms with E-state index in [4.69, 9.17) is 4.74 Å². The van der Waals surface area contributed by atoms with Crippen LogP contribution in [0.4, 0.5) is 5.82 Å². The van der Waals surface area contributed by atoms with Crippen LogP contribution in [0.5, 0.6) is 5.75 Å². The van der Waals surface area contributed by atoms with E-state index >= 15 is 0 Å². The number of aryl methyl sites for hydroxylation is 2. The van der Waals surface area contributed by atoms with Crippen molar-refractivity contribution in [1.29, 1.82) is 0 Å². The summed E-state index contributed by atoms with van der Waals surface area (Å²) in [5.74, 6) is 2.13. The van der Waals surface area contributed by atoms with E-state index in [9.17, 15) is 4.79 Å². The number of ether oxygens (including phenoxy) is 1. The first-order valence-electron chi connectivity index (χ1n) is 9.90. The van der Waals surface area contributed by atoms with E-state index in [1.165, 1.54) is 0 Å². The van der Waals surface area contributed by atoms with Crippen molar-refractivity contribution in [3.8, 4) is 11.6 Å². The average Bonchev–Trinajstić information content (AvgIpc) is 2.99. The van der Waals surface area contributed by atoms with E-state index in [0.717, 1.165) is 33.8 Å². The Morgan fingerprint density at radius 3 is 2.47 bits per heavy atom. The molecule has 2 N–H and O–H groups in total. The molecule has 0 saturated heterocycles. The fourth-order valence-corrected chi connectivity index (χ4v) is 3.17. The molecule has 2 heterocycles. The van der Waals surface area contributed by atoms with E-state index in [2.05, 4.69) is 25.9 Å². The van der Waals surface area contributed by atoms with Gasteiger partial charge in [-0.15, -0.1) is 10.2 Å². The Bertz CT molecular complexity index is 1030. The van der Waals surface area contributed by atoms with Gasteiger partial charge in [-0.3, -0.25) is 4.79 Å². The summed E-state index contributed by atoms with van der Waals surface area (Å²) in [4.78, 5) is 12.1. The van der Waals surface area contributed by atoms with Crippen molar-refractivity contribution >= 4 is 11.7 Å². The maximum Gasteiger partial charge on any atom is 0.224 e. The lowest BCUT2D eigenvalue weighted by atomic mass is 10.1. The number of hydrogen-bond donors (Lipinski definition) is 2. The normalized spacial score (nSPS) is 10.7. The maximum absolute atomic E-state index is 12.1. The monoisotopic (exact) mass is 408 g/mol. The molecule has 3 rings (SSSR count). The van der Waals surface area contributed by atoms with E-state index in [-0.39, 0.29) is 5.91 Å². The number of nitrogens with zero attached hydrogens (tertiary/aromatic N) is 4. The van der Waals surface area contributed by atoms with Crippen LogP contribution in [0.25, 0.3) is 5.82 Å². The number of hydrogen-bond acceptors (Lipinski definition) is 6. The van der Waals surface area contributed by atoms with Gasteiger partial charge in [0, 0.05) is 18.8 Å². The largest absolute Gasteiger partial charge is 0.496 e. The average molecular weight is 409 g/mol. The number of amides is 1. The summed E-state index contributed by atoms with van der Waals surface area (Å²) in [5.41, 5.74) is 5.16. The lowest BCUT2D eigenvalue weighted by Crippen LogP contribution is -2.30. The molecule has 30 heavy (non-hydrogen) atoms. The number of nitrogens with one attached hydrogen (secondary N) is 2. The van der Waals surface area contributed by atoms with Gasteiger partial charge < -0.3 is 15.4 Å². The smallest absolute Gasteiger partial charge is 0.224 e. The summed E-state index contributed by atoms with van der Waals surface area (Å²) in [5, 5.41) is 19.0. The van der Waals surface area contributed by atoms with Crippen LogP contribution >= 0.6 is 0 Å². The molecule has 0 aliphatic heterocycles. The molecule has 1 aromatic carbocycles. The molecule has 2 aromatic heterocycles. The van der Waals surface area contributed by atoms with Crippen LogP contribution in [0.15, 0.2) is 30.3 Å². The molecule has 158 valence electrons. The van der Waals surface area contributed by atoms with Gasteiger partial charge >= 0.3 is 0 Å². The molecule has 0 radical (unpaired) electrons. The zero-order valence-corrected chi connectivity index (χ0v) is 18.1. The van der Waals surface area contributed by atoms with Gasteiger partial charge in [-0.1, -0.05) is 12.1 Å². The Morgan fingerprint density at radius 2 is 1.87 bits per heavy atom. The van der Waals surface area contributed by atoms with Crippen molar-refractivity contribution in [2.24, 2.45) is 0 Å². The van der Waals surface area contributed by atoms with Gasteiger partial charge in [-0.2, -0.15) is 5.10 Å². The predicted molar refractivity (Wildman–Crippen MR) is 116 cm³/mol. The van der Waals surface area contributed by atoms with Crippen molar-refractivity contribution in [3.05, 3.63) is 58.4 Å². The second-order valence-electron chi connectivity index (χ2n) is 7.24. The Hall–Kier alpha value is -3.42. The van der Waals surface area contributed by atoms with Gasteiger partial charge in [-0.05, 0) is 62.6 Å². The molecule has 0 aliphatic carbocycles. The summed E-state index contributed by atoms with van der Waals surface area (Å²) < 4.78 is 7.04. The van der Waals surface area contributed by atoms with Crippen molar-refractivity contribution in [2.75, 3.05) is 25.5 Å². The van der Waals surface area contributed by atoms with Crippen LogP contribution in [0.3, 0.4) is 0 Å². The highest BCUT2D eigenvalue weighted by Gasteiger charge is 2.10. The van der Waals surface area contributed by atoms with Crippen LogP contribution in [-0.2, 0) is 11.2 Å². The minimum absolute atomic E-state index is 0.0253. The van der Waals surface area contributed by atoms with Crippen molar-refractivity contribution in [1.82, 2.24) is 25.3 Å². The van der Waals surface area contributed by atoms with E-state index in [1.807, 2.05) is 58.0 Å². The third-order valence-electron chi connectivity index (χ3n) is 5.10. The molecule has 0 aliphatic rings. The number of rotatable bonds is 8. The lowest BCUT2D eigenvalue weighted by molar-refractivity contribution is -0.120. The van der Waals surface area contributed by atoms with Crippen molar-refractivity contribution < 1.29 is 9.53 Å². The van der Waals surface area contributed by atoms with Crippen LogP contribution in [0.2, 0.25) is 0 Å². The molecule has 0 fully saturated rings. The lowest BCUT2D eigenvalue weighted by Gasteiger charge is -2.09. The summed E-state index contributed by atoms with van der Waals surface area (Å²) in [7, 11) is 1.64. The maximum atomic E-state index is 12.1. The molecule has 1 amide bonds. The highest BCUT2D eigenvalue weighted by Crippen LogP contribution is 2.18. The second-order valence-corrected chi connectivity index (χ2v) is 7.24. The summed E-state index contributed by atoms with van der Waals surface area (Å²) in [6.07, 6.45) is 0.335. The van der Waals surface area contributed by atoms with E-state index in [0.29, 0.717) is 31.1 Å². The zero-order valence-electron chi connectivity index (χ0n) is 18.1. The summed E-state index contributed by atoms with van der Waals surface area (Å²) in [6, 6.07) is 9.49. The van der Waals surface area contributed by atoms with E-state index in [1.54, 1.807) is 11.8 Å². The van der Waals surface area contributed by atoms with Crippen molar-refractivity contribution in [2.45, 2.75) is 34.1 Å². The third kappa shape index (κ3) is 4.94. The highest BCUT2D eigenvalue weighted by molar-refractivity contribution is 5.78. The molecule has 0 saturated carbocycles. The Kier molecular flexibility index (Phi) is 6.66. The standard InChI is InChI=1S/C22H28N6O2/c1-14-12-18(6-7-19(14)30-5)13-22(29)24-11-10-23-20-8-9-21(26-25-20)28-17(4)15(2)16(3)27-28/h6-9,12H,10-11,13H2,1-5H3,(H,23,25)(H,24,29). The van der Waals surface area contributed by atoms with Crippen LogP contribution in [0.1, 0.15) is 28.1 Å². The molecule has 3 aromatic rings. The van der Waals surface area contributed by atoms with Crippen LogP contribution in [0, 0.1) is 27.7 Å². The second kappa shape index (κ2) is 9.39. The molecular formula is C22H28N6O2. The number of anilines is 1. The fourth-order valence-electron chi connectivity index (χ4n) is 3.17. The SMILES string of the molecule is COc1ccc(CC(=O)NCCNc2ccc(-n3nc(C)c(C)c3C)nn2)cc1C. The van der Waals surface area contributed by atoms with Crippen LogP contribution < -0.4 is 15.4 Å². The van der Waals surface area contributed by atoms with Gasteiger partial charge in [-0.25, -0.2) is 4.68 Å². The molecule has 0 atom stereocenters. The molecule has 0 spiro atoms. The Balaban J connectivity index is 1.45. The quantitative estimate of drug-likeness (QED) is 0.557. The Labute approximate surface area is 176 Å². The summed E-state index contributed by atoms with van der Waals surface area (Å²) in [6.45, 7) is 9.05. The van der Waals surface area contributed by atoms with Gasteiger partial charge in [0.2, 0.25) is 5.91 Å². The molecule has 8 heteroatoms. The molecule has 0 unspecified atom stereocenters. The van der Waals surface area contributed by atoms with Crippen molar-refractivity contribution in [3.63, 3.8) is 0 Å². The fraction of sp³-hybridized carbons (Fsp3) is 0.364. The number of benzene rings is 1. The van der Waals surface area contributed by atoms with Gasteiger partial charge in [0.1, 0.15) is 11.6 Å².